The van der Waals surface area contributed by atoms with Gasteiger partial charge < -0.3 is 4.52 Å². The van der Waals surface area contributed by atoms with E-state index in [-0.39, 0.29) is 5.82 Å². The van der Waals surface area contributed by atoms with Gasteiger partial charge in [-0.1, -0.05) is 17.3 Å². The Labute approximate surface area is 131 Å². The third-order valence-electron chi connectivity index (χ3n) is 3.66. The highest BCUT2D eigenvalue weighted by molar-refractivity contribution is 5.80. The van der Waals surface area contributed by atoms with E-state index in [0.29, 0.717) is 6.54 Å². The number of rotatable bonds is 3. The van der Waals surface area contributed by atoms with E-state index in [2.05, 4.69) is 15.2 Å². The van der Waals surface area contributed by atoms with Crippen LogP contribution in [-0.2, 0) is 6.54 Å². The Morgan fingerprint density at radius 1 is 1.09 bits per heavy atom. The van der Waals surface area contributed by atoms with E-state index in [1.54, 1.807) is 24.5 Å². The molecule has 114 valence electrons. The van der Waals surface area contributed by atoms with Crippen LogP contribution >= 0.6 is 0 Å². The van der Waals surface area contributed by atoms with Gasteiger partial charge in [-0.2, -0.15) is 5.10 Å². The highest BCUT2D eigenvalue weighted by Gasteiger charge is 2.09. The van der Waals surface area contributed by atoms with Crippen molar-refractivity contribution in [1.82, 2.24) is 19.9 Å². The molecule has 0 aliphatic heterocycles. The molecule has 0 bridgehead atoms. The molecular weight excluding hydrogens is 295 g/mol. The number of nitrogens with zero attached hydrogens (tertiary/aromatic N) is 4. The first-order chi connectivity index (χ1) is 11.2. The lowest BCUT2D eigenvalue weighted by Crippen LogP contribution is -2.01. The first kappa shape index (κ1) is 13.6. The molecule has 3 heterocycles. The molecule has 0 fully saturated rings. The average Bonchev–Trinajstić information content (AvgIpc) is 3.15. The van der Waals surface area contributed by atoms with Crippen molar-refractivity contribution < 1.29 is 8.91 Å². The summed E-state index contributed by atoms with van der Waals surface area (Å²) in [6.07, 6.45) is 3.48. The summed E-state index contributed by atoms with van der Waals surface area (Å²) in [7, 11) is 0. The van der Waals surface area contributed by atoms with E-state index in [9.17, 15) is 4.39 Å². The van der Waals surface area contributed by atoms with Crippen molar-refractivity contribution in [3.05, 3.63) is 66.1 Å². The van der Waals surface area contributed by atoms with Crippen molar-refractivity contribution in [2.75, 3.05) is 0 Å². The molecule has 0 aliphatic carbocycles. The molecule has 1 aromatic carbocycles. The molecule has 4 aromatic rings. The molecule has 6 heteroatoms. The van der Waals surface area contributed by atoms with Crippen LogP contribution in [0.5, 0.6) is 0 Å². The van der Waals surface area contributed by atoms with Crippen LogP contribution < -0.4 is 0 Å². The summed E-state index contributed by atoms with van der Waals surface area (Å²) >= 11 is 0. The second-order valence-corrected chi connectivity index (χ2v) is 5.37. The molecular formula is C17H13FN4O. The highest BCUT2D eigenvalue weighted by Crippen LogP contribution is 2.23. The van der Waals surface area contributed by atoms with Gasteiger partial charge in [-0.3, -0.25) is 9.67 Å². The Balaban J connectivity index is 1.75. The van der Waals surface area contributed by atoms with Crippen molar-refractivity contribution in [3.63, 3.8) is 0 Å². The van der Waals surface area contributed by atoms with E-state index < -0.39 is 0 Å². The van der Waals surface area contributed by atoms with E-state index >= 15 is 0 Å². The lowest BCUT2D eigenvalue weighted by atomic mass is 10.1. The fourth-order valence-corrected chi connectivity index (χ4v) is 2.53. The van der Waals surface area contributed by atoms with E-state index in [4.69, 9.17) is 4.52 Å². The van der Waals surface area contributed by atoms with Crippen LogP contribution in [0.4, 0.5) is 4.39 Å². The fourth-order valence-electron chi connectivity index (χ4n) is 2.53. The topological polar surface area (TPSA) is 56.7 Å². The van der Waals surface area contributed by atoms with Gasteiger partial charge in [-0.05, 0) is 30.7 Å². The zero-order valence-electron chi connectivity index (χ0n) is 12.4. The van der Waals surface area contributed by atoms with Gasteiger partial charge in [-0.15, -0.1) is 0 Å². The molecule has 0 atom stereocenters. The number of fused-ring (bicyclic) bond motifs is 1. The number of aryl methyl sites for hydroxylation is 1. The second kappa shape index (κ2) is 5.31. The standard InChI is InChI=1S/C17H13FN4O/c1-11-6-15(21-23-11)10-22-17-7-13(8-19-16(17)9-20-22)12-2-4-14(18)5-3-12/h2-9H,10H2,1H3. The smallest absolute Gasteiger partial charge is 0.133 e. The van der Waals surface area contributed by atoms with Gasteiger partial charge in [0.2, 0.25) is 0 Å². The lowest BCUT2D eigenvalue weighted by Gasteiger charge is -2.04. The molecule has 4 rings (SSSR count). The van der Waals surface area contributed by atoms with Crippen LogP contribution in [0.15, 0.2) is 53.3 Å². The molecule has 0 radical (unpaired) electrons. The van der Waals surface area contributed by atoms with Crippen molar-refractivity contribution in [1.29, 1.82) is 0 Å². The Hall–Kier alpha value is -3.02. The molecule has 0 spiro atoms. The SMILES string of the molecule is Cc1cc(Cn2ncc3ncc(-c4ccc(F)cc4)cc32)no1. The van der Waals surface area contributed by atoms with Gasteiger partial charge in [0.15, 0.2) is 0 Å². The predicted molar refractivity (Wildman–Crippen MR) is 83.3 cm³/mol. The first-order valence-electron chi connectivity index (χ1n) is 7.19. The highest BCUT2D eigenvalue weighted by atomic mass is 19.1. The summed E-state index contributed by atoms with van der Waals surface area (Å²) in [4.78, 5) is 4.43. The fraction of sp³-hybridized carbons (Fsp3) is 0.118. The van der Waals surface area contributed by atoms with Crippen LogP contribution in [-0.4, -0.2) is 19.9 Å². The maximum absolute atomic E-state index is 13.1. The van der Waals surface area contributed by atoms with E-state index in [1.165, 1.54) is 12.1 Å². The molecule has 0 amide bonds. The van der Waals surface area contributed by atoms with Crippen LogP contribution in [0.2, 0.25) is 0 Å². The van der Waals surface area contributed by atoms with Gasteiger partial charge >= 0.3 is 0 Å². The third kappa shape index (κ3) is 2.59. The van der Waals surface area contributed by atoms with Crippen molar-refractivity contribution >= 4 is 11.0 Å². The van der Waals surface area contributed by atoms with Crippen LogP contribution in [0, 0.1) is 12.7 Å². The Kier molecular flexibility index (Phi) is 3.15. The second-order valence-electron chi connectivity index (χ2n) is 5.37. The van der Waals surface area contributed by atoms with Crippen LogP contribution in [0.1, 0.15) is 11.5 Å². The van der Waals surface area contributed by atoms with Crippen LogP contribution in [0.3, 0.4) is 0 Å². The van der Waals surface area contributed by atoms with Gasteiger partial charge in [0.05, 0.1) is 18.3 Å². The normalized spacial score (nSPS) is 11.2. The molecule has 3 aromatic heterocycles. The third-order valence-corrected chi connectivity index (χ3v) is 3.66. The summed E-state index contributed by atoms with van der Waals surface area (Å²) < 4.78 is 20.0. The lowest BCUT2D eigenvalue weighted by molar-refractivity contribution is 0.388. The minimum atomic E-state index is -0.255. The zero-order valence-corrected chi connectivity index (χ0v) is 12.4. The van der Waals surface area contributed by atoms with Crippen molar-refractivity contribution in [2.24, 2.45) is 0 Å². The maximum Gasteiger partial charge on any atom is 0.133 e. The summed E-state index contributed by atoms with van der Waals surface area (Å²) in [5, 5.41) is 8.35. The van der Waals surface area contributed by atoms with Crippen LogP contribution in [0.25, 0.3) is 22.2 Å². The molecule has 0 saturated heterocycles. The number of hydrogen-bond donors (Lipinski definition) is 0. The minimum absolute atomic E-state index is 0.255. The van der Waals surface area contributed by atoms with Gasteiger partial charge in [0, 0.05) is 17.8 Å². The molecule has 5 nitrogen and oxygen atoms in total. The average molecular weight is 308 g/mol. The van der Waals surface area contributed by atoms with E-state index in [0.717, 1.165) is 33.6 Å². The zero-order chi connectivity index (χ0) is 15.8. The quantitative estimate of drug-likeness (QED) is 0.580. The number of halogens is 1. The summed E-state index contributed by atoms with van der Waals surface area (Å²) in [5.41, 5.74) is 4.32. The number of benzene rings is 1. The molecule has 0 N–H and O–H groups in total. The van der Waals surface area contributed by atoms with Gasteiger partial charge in [0.1, 0.15) is 22.8 Å². The predicted octanol–water partition coefficient (Wildman–Crippen LogP) is 3.58. The maximum atomic E-state index is 13.1. The Bertz CT molecular complexity index is 972. The molecule has 0 unspecified atom stereocenters. The number of hydrogen-bond acceptors (Lipinski definition) is 4. The first-order valence-corrected chi connectivity index (χ1v) is 7.19. The van der Waals surface area contributed by atoms with Crippen molar-refractivity contribution in [3.8, 4) is 11.1 Å². The van der Waals surface area contributed by atoms with Gasteiger partial charge in [0.25, 0.3) is 0 Å². The van der Waals surface area contributed by atoms with E-state index in [1.807, 2.05) is 23.7 Å². The largest absolute Gasteiger partial charge is 0.361 e. The summed E-state index contributed by atoms with van der Waals surface area (Å²) in [6, 6.07) is 10.2. The molecule has 0 aliphatic rings. The Morgan fingerprint density at radius 3 is 2.65 bits per heavy atom. The summed E-state index contributed by atoms with van der Waals surface area (Å²) in [5.74, 6) is 0.510. The van der Waals surface area contributed by atoms with Gasteiger partial charge in [-0.25, -0.2) is 4.39 Å². The minimum Gasteiger partial charge on any atom is -0.361 e. The Morgan fingerprint density at radius 2 is 1.91 bits per heavy atom. The molecule has 0 saturated carbocycles. The van der Waals surface area contributed by atoms with Crippen molar-refractivity contribution in [2.45, 2.75) is 13.5 Å². The number of pyridine rings is 1. The number of aromatic nitrogens is 4. The monoisotopic (exact) mass is 308 g/mol. The summed E-state index contributed by atoms with van der Waals surface area (Å²) in [6.45, 7) is 2.36. The molecule has 23 heavy (non-hydrogen) atoms.